The number of anilines is 1. The maximum atomic E-state index is 11.6. The van der Waals surface area contributed by atoms with Crippen LogP contribution in [0.2, 0.25) is 0 Å². The highest BCUT2D eigenvalue weighted by molar-refractivity contribution is 5.94. The molecule has 1 aromatic carbocycles. The predicted octanol–water partition coefficient (Wildman–Crippen LogP) is -0.0903. The van der Waals surface area contributed by atoms with Gasteiger partial charge in [0.25, 0.3) is 0 Å². The van der Waals surface area contributed by atoms with Crippen LogP contribution in [0.25, 0.3) is 0 Å². The van der Waals surface area contributed by atoms with Gasteiger partial charge in [-0.15, -0.1) is 0 Å². The lowest BCUT2D eigenvalue weighted by Crippen LogP contribution is -2.56. The Hall–Kier alpha value is -2.04. The van der Waals surface area contributed by atoms with Crippen molar-refractivity contribution in [3.63, 3.8) is 0 Å². The van der Waals surface area contributed by atoms with Gasteiger partial charge in [0.2, 0.25) is 11.8 Å². The van der Waals surface area contributed by atoms with Gasteiger partial charge in [0, 0.05) is 26.2 Å². The maximum Gasteiger partial charge on any atom is 0.243 e. The predicted molar refractivity (Wildman–Crippen MR) is 69.4 cm³/mol. The van der Waals surface area contributed by atoms with E-state index in [1.165, 1.54) is 0 Å². The highest BCUT2D eigenvalue weighted by Gasteiger charge is 2.25. The van der Waals surface area contributed by atoms with Gasteiger partial charge in [0.05, 0.1) is 6.54 Å². The van der Waals surface area contributed by atoms with Gasteiger partial charge in [0.1, 0.15) is 6.04 Å². The number of rotatable bonds is 3. The first kappa shape index (κ1) is 12.4. The van der Waals surface area contributed by atoms with E-state index in [1.807, 2.05) is 43.3 Å². The van der Waals surface area contributed by atoms with Gasteiger partial charge < -0.3 is 15.5 Å². The number of hydrogen-bond acceptors (Lipinski definition) is 3. The summed E-state index contributed by atoms with van der Waals surface area (Å²) in [6.45, 7) is 0.0783. The molecule has 0 saturated carbocycles. The number of carbonyl (C=O) groups excluding carboxylic acids is 2. The molecule has 0 aromatic heterocycles. The molecule has 0 bridgehead atoms. The summed E-state index contributed by atoms with van der Waals surface area (Å²) < 4.78 is 0. The molecule has 2 rings (SSSR count). The van der Waals surface area contributed by atoms with Crippen LogP contribution in [0.15, 0.2) is 24.3 Å². The zero-order chi connectivity index (χ0) is 13.1. The van der Waals surface area contributed by atoms with Gasteiger partial charge >= 0.3 is 0 Å². The molecule has 5 nitrogen and oxygen atoms in total. The number of amides is 2. The van der Waals surface area contributed by atoms with E-state index < -0.39 is 6.04 Å². The molecule has 96 valence electrons. The fourth-order valence-corrected chi connectivity index (χ4v) is 1.91. The van der Waals surface area contributed by atoms with Crippen LogP contribution >= 0.6 is 0 Å². The minimum absolute atomic E-state index is 0.0783. The molecule has 0 aliphatic carbocycles. The molecule has 1 heterocycles. The van der Waals surface area contributed by atoms with Crippen LogP contribution in [-0.4, -0.2) is 38.5 Å². The van der Waals surface area contributed by atoms with Crippen LogP contribution in [0.1, 0.15) is 5.56 Å². The topological polar surface area (TPSA) is 61.4 Å². The van der Waals surface area contributed by atoms with Gasteiger partial charge in [-0.1, -0.05) is 12.1 Å². The molecule has 2 N–H and O–H groups in total. The first-order valence-corrected chi connectivity index (χ1v) is 5.89. The molecule has 0 radical (unpaired) electrons. The Labute approximate surface area is 106 Å². The first-order chi connectivity index (χ1) is 8.56. The number of nitrogens with zero attached hydrogens (tertiary/aromatic N) is 1. The average Bonchev–Trinajstić information content (AvgIpc) is 2.34. The summed E-state index contributed by atoms with van der Waals surface area (Å²) in [7, 11) is 3.95. The summed E-state index contributed by atoms with van der Waals surface area (Å²) in [5, 5.41) is 5.26. The van der Waals surface area contributed by atoms with E-state index in [1.54, 1.807) is 0 Å². The van der Waals surface area contributed by atoms with E-state index >= 15 is 0 Å². The molecule has 0 spiro atoms. The molecular weight excluding hydrogens is 230 g/mol. The normalized spacial score (nSPS) is 19.1. The van der Waals surface area contributed by atoms with Crippen molar-refractivity contribution < 1.29 is 9.59 Å². The highest BCUT2D eigenvalue weighted by Crippen LogP contribution is 2.13. The zero-order valence-electron chi connectivity index (χ0n) is 10.6. The SMILES string of the molecule is CN(C)c1ccc(C[C@@H]2NC(=O)CNC2=O)cc1. The van der Waals surface area contributed by atoms with Crippen molar-refractivity contribution in [2.75, 3.05) is 25.5 Å². The van der Waals surface area contributed by atoms with Crippen molar-refractivity contribution in [2.45, 2.75) is 12.5 Å². The van der Waals surface area contributed by atoms with Gasteiger partial charge in [-0.05, 0) is 17.7 Å². The Morgan fingerprint density at radius 1 is 1.22 bits per heavy atom. The fourth-order valence-electron chi connectivity index (χ4n) is 1.91. The van der Waals surface area contributed by atoms with E-state index in [9.17, 15) is 9.59 Å². The van der Waals surface area contributed by atoms with Crippen LogP contribution < -0.4 is 15.5 Å². The third-order valence-corrected chi connectivity index (χ3v) is 2.97. The summed E-state index contributed by atoms with van der Waals surface area (Å²) >= 11 is 0. The average molecular weight is 247 g/mol. The summed E-state index contributed by atoms with van der Waals surface area (Å²) in [4.78, 5) is 24.8. The lowest BCUT2D eigenvalue weighted by Gasteiger charge is -2.23. The van der Waals surface area contributed by atoms with Crippen LogP contribution in [0.3, 0.4) is 0 Å². The Balaban J connectivity index is 2.04. The number of nitrogens with one attached hydrogen (secondary N) is 2. The van der Waals surface area contributed by atoms with E-state index in [0.29, 0.717) is 6.42 Å². The third kappa shape index (κ3) is 2.80. The van der Waals surface area contributed by atoms with E-state index in [-0.39, 0.29) is 18.4 Å². The number of benzene rings is 1. The summed E-state index contributed by atoms with van der Waals surface area (Å²) in [5.41, 5.74) is 2.14. The minimum atomic E-state index is -0.462. The highest BCUT2D eigenvalue weighted by atomic mass is 16.2. The molecule has 1 aromatic rings. The zero-order valence-corrected chi connectivity index (χ0v) is 10.6. The van der Waals surface area contributed by atoms with Crippen molar-refractivity contribution in [1.82, 2.24) is 10.6 Å². The maximum absolute atomic E-state index is 11.6. The standard InChI is InChI=1S/C13H17N3O2/c1-16(2)10-5-3-9(4-6-10)7-11-13(18)14-8-12(17)15-11/h3-6,11H,7-8H2,1-2H3,(H,14,18)(H,15,17)/t11-/m0/s1. The van der Waals surface area contributed by atoms with Gasteiger partial charge in [-0.3, -0.25) is 9.59 Å². The quantitative estimate of drug-likeness (QED) is 0.784. The Morgan fingerprint density at radius 3 is 2.50 bits per heavy atom. The Kier molecular flexibility index (Phi) is 3.50. The van der Waals surface area contributed by atoms with Gasteiger partial charge in [-0.2, -0.15) is 0 Å². The lowest BCUT2D eigenvalue weighted by atomic mass is 10.0. The van der Waals surface area contributed by atoms with Crippen molar-refractivity contribution in [1.29, 1.82) is 0 Å². The van der Waals surface area contributed by atoms with Crippen molar-refractivity contribution >= 4 is 17.5 Å². The van der Waals surface area contributed by atoms with Crippen LogP contribution in [0.5, 0.6) is 0 Å². The molecule has 1 atom stereocenters. The van der Waals surface area contributed by atoms with Crippen molar-refractivity contribution in [3.8, 4) is 0 Å². The number of carbonyl (C=O) groups is 2. The monoisotopic (exact) mass is 247 g/mol. The fraction of sp³-hybridized carbons (Fsp3) is 0.385. The summed E-state index contributed by atoms with van der Waals surface area (Å²) in [6, 6.07) is 7.49. The van der Waals surface area contributed by atoms with Crippen molar-refractivity contribution in [3.05, 3.63) is 29.8 Å². The largest absolute Gasteiger partial charge is 0.378 e. The Morgan fingerprint density at radius 2 is 1.89 bits per heavy atom. The second-order valence-electron chi connectivity index (χ2n) is 4.60. The Bertz CT molecular complexity index is 454. The van der Waals surface area contributed by atoms with E-state index in [4.69, 9.17) is 0 Å². The molecule has 1 saturated heterocycles. The van der Waals surface area contributed by atoms with E-state index in [0.717, 1.165) is 11.3 Å². The molecular formula is C13H17N3O2. The molecule has 1 fully saturated rings. The molecule has 1 aliphatic heterocycles. The van der Waals surface area contributed by atoms with E-state index in [2.05, 4.69) is 10.6 Å². The lowest BCUT2D eigenvalue weighted by molar-refractivity contribution is -0.133. The molecule has 18 heavy (non-hydrogen) atoms. The summed E-state index contributed by atoms with van der Waals surface area (Å²) in [5.74, 6) is -0.254. The molecule has 2 amide bonds. The second-order valence-corrected chi connectivity index (χ2v) is 4.60. The van der Waals surface area contributed by atoms with Crippen LogP contribution in [0, 0.1) is 0 Å². The molecule has 1 aliphatic rings. The first-order valence-electron chi connectivity index (χ1n) is 5.89. The van der Waals surface area contributed by atoms with Crippen molar-refractivity contribution in [2.24, 2.45) is 0 Å². The number of piperazine rings is 1. The van der Waals surface area contributed by atoms with Gasteiger partial charge in [0.15, 0.2) is 0 Å². The van der Waals surface area contributed by atoms with Crippen LogP contribution in [-0.2, 0) is 16.0 Å². The third-order valence-electron chi connectivity index (χ3n) is 2.97. The second kappa shape index (κ2) is 5.08. The van der Waals surface area contributed by atoms with Gasteiger partial charge in [-0.25, -0.2) is 0 Å². The minimum Gasteiger partial charge on any atom is -0.378 e. The molecule has 0 unspecified atom stereocenters. The smallest absolute Gasteiger partial charge is 0.243 e. The number of hydrogen-bond donors (Lipinski definition) is 2. The summed E-state index contributed by atoms with van der Waals surface area (Å²) in [6.07, 6.45) is 0.519. The molecule has 5 heteroatoms. The van der Waals surface area contributed by atoms with Crippen LogP contribution in [0.4, 0.5) is 5.69 Å².